The predicted molar refractivity (Wildman–Crippen MR) is 88.9 cm³/mol. The van der Waals surface area contributed by atoms with Crippen LogP contribution in [0.4, 0.5) is 5.69 Å². The molecule has 0 aliphatic heterocycles. The highest BCUT2D eigenvalue weighted by Gasteiger charge is 2.13. The molecule has 0 atom stereocenters. The topological polar surface area (TPSA) is 55.4 Å². The molecular weight excluding hydrogens is 322 g/mol. The summed E-state index contributed by atoms with van der Waals surface area (Å²) < 4.78 is 5.30. The third-order valence-electron chi connectivity index (χ3n) is 2.78. The maximum Gasteiger partial charge on any atom is 0.345 e. The molecule has 22 heavy (non-hydrogen) atoms. The number of thioether (sulfide) groups is 1. The van der Waals surface area contributed by atoms with Gasteiger partial charge in [-0.05, 0) is 48.7 Å². The monoisotopic (exact) mass is 335 g/mol. The molecule has 0 aromatic heterocycles. The molecule has 0 unspecified atom stereocenters. The molecule has 2 aromatic carbocycles. The lowest BCUT2D eigenvalue weighted by Crippen LogP contribution is -2.10. The van der Waals surface area contributed by atoms with Crippen molar-refractivity contribution in [2.75, 3.05) is 11.6 Å². The van der Waals surface area contributed by atoms with Gasteiger partial charge in [0.2, 0.25) is 5.91 Å². The number of halogens is 1. The molecule has 2 rings (SSSR count). The Bertz CT molecular complexity index is 701. The molecule has 0 aliphatic carbocycles. The fraction of sp³-hybridized carbons (Fsp3) is 0.125. The van der Waals surface area contributed by atoms with Crippen LogP contribution in [0.15, 0.2) is 47.4 Å². The largest absolute Gasteiger partial charge is 0.423 e. The van der Waals surface area contributed by atoms with Crippen molar-refractivity contribution in [3.05, 3.63) is 53.1 Å². The molecule has 0 aliphatic rings. The summed E-state index contributed by atoms with van der Waals surface area (Å²) in [7, 11) is 0. The van der Waals surface area contributed by atoms with Crippen LogP contribution in [0.25, 0.3) is 0 Å². The van der Waals surface area contributed by atoms with Crippen LogP contribution >= 0.6 is 23.4 Å². The average Bonchev–Trinajstić information content (AvgIpc) is 2.49. The van der Waals surface area contributed by atoms with E-state index in [0.29, 0.717) is 22.0 Å². The zero-order chi connectivity index (χ0) is 16.1. The zero-order valence-electron chi connectivity index (χ0n) is 12.1. The van der Waals surface area contributed by atoms with E-state index in [2.05, 4.69) is 5.32 Å². The van der Waals surface area contributed by atoms with Crippen LogP contribution in [-0.4, -0.2) is 18.1 Å². The lowest BCUT2D eigenvalue weighted by atomic mass is 10.2. The highest BCUT2D eigenvalue weighted by molar-refractivity contribution is 7.98. The smallest absolute Gasteiger partial charge is 0.345 e. The van der Waals surface area contributed by atoms with Crippen molar-refractivity contribution < 1.29 is 14.3 Å². The summed E-state index contributed by atoms with van der Waals surface area (Å²) in [6.45, 7) is 1.43. The Morgan fingerprint density at radius 1 is 1.14 bits per heavy atom. The fourth-order valence-corrected chi connectivity index (χ4v) is 2.39. The van der Waals surface area contributed by atoms with Crippen LogP contribution < -0.4 is 10.1 Å². The van der Waals surface area contributed by atoms with Crippen molar-refractivity contribution >= 4 is 40.9 Å². The van der Waals surface area contributed by atoms with E-state index in [1.807, 2.05) is 12.3 Å². The molecule has 0 spiro atoms. The molecule has 4 nitrogen and oxygen atoms in total. The number of carbonyl (C=O) groups excluding carboxylic acids is 2. The summed E-state index contributed by atoms with van der Waals surface area (Å²) in [5.41, 5.74) is 0.953. The van der Waals surface area contributed by atoms with Crippen LogP contribution in [0.1, 0.15) is 17.3 Å². The standard InChI is InChI=1S/C16H14ClNO3S/c1-10(19)18-11-3-5-12(6-4-11)21-16(20)14-9-13(22-2)7-8-15(14)17/h3-9H,1-2H3,(H,18,19). The first-order valence-corrected chi connectivity index (χ1v) is 8.03. The minimum Gasteiger partial charge on any atom is -0.423 e. The van der Waals surface area contributed by atoms with Gasteiger partial charge in [0.15, 0.2) is 0 Å². The van der Waals surface area contributed by atoms with Gasteiger partial charge in [-0.15, -0.1) is 11.8 Å². The SMILES string of the molecule is CSc1ccc(Cl)c(C(=O)Oc2ccc(NC(C)=O)cc2)c1. The molecule has 0 fully saturated rings. The van der Waals surface area contributed by atoms with E-state index in [4.69, 9.17) is 16.3 Å². The molecule has 2 aromatic rings. The zero-order valence-corrected chi connectivity index (χ0v) is 13.6. The highest BCUT2D eigenvalue weighted by atomic mass is 35.5. The lowest BCUT2D eigenvalue weighted by molar-refractivity contribution is -0.114. The molecular formula is C16H14ClNO3S. The number of benzene rings is 2. The molecule has 1 N–H and O–H groups in total. The van der Waals surface area contributed by atoms with Crippen molar-refractivity contribution in [3.63, 3.8) is 0 Å². The third kappa shape index (κ3) is 4.26. The highest BCUT2D eigenvalue weighted by Crippen LogP contribution is 2.25. The van der Waals surface area contributed by atoms with Gasteiger partial charge in [0.25, 0.3) is 0 Å². The van der Waals surface area contributed by atoms with Crippen LogP contribution in [0, 0.1) is 0 Å². The summed E-state index contributed by atoms with van der Waals surface area (Å²) >= 11 is 7.56. The Morgan fingerprint density at radius 3 is 2.41 bits per heavy atom. The Hall–Kier alpha value is -1.98. The van der Waals surface area contributed by atoms with E-state index in [1.165, 1.54) is 18.7 Å². The van der Waals surface area contributed by atoms with E-state index in [-0.39, 0.29) is 5.91 Å². The molecule has 0 heterocycles. The second-order valence-electron chi connectivity index (χ2n) is 4.44. The molecule has 0 saturated carbocycles. The summed E-state index contributed by atoms with van der Waals surface area (Å²) in [4.78, 5) is 24.1. The number of hydrogen-bond donors (Lipinski definition) is 1. The van der Waals surface area contributed by atoms with Crippen LogP contribution in [0.3, 0.4) is 0 Å². The molecule has 1 amide bonds. The number of ether oxygens (including phenoxy) is 1. The molecule has 6 heteroatoms. The van der Waals surface area contributed by atoms with Gasteiger partial charge in [-0.1, -0.05) is 11.6 Å². The Balaban J connectivity index is 2.13. The molecule has 114 valence electrons. The Labute approximate surface area is 137 Å². The number of esters is 1. The fourth-order valence-electron chi connectivity index (χ4n) is 1.76. The first-order valence-electron chi connectivity index (χ1n) is 6.43. The van der Waals surface area contributed by atoms with E-state index >= 15 is 0 Å². The van der Waals surface area contributed by atoms with E-state index in [0.717, 1.165) is 4.90 Å². The minimum atomic E-state index is -0.520. The number of rotatable bonds is 4. The summed E-state index contributed by atoms with van der Waals surface area (Å²) in [5.74, 6) is -0.302. The van der Waals surface area contributed by atoms with Gasteiger partial charge < -0.3 is 10.1 Å². The normalized spacial score (nSPS) is 10.1. The van der Waals surface area contributed by atoms with Crippen molar-refractivity contribution in [2.45, 2.75) is 11.8 Å². The summed E-state index contributed by atoms with van der Waals surface area (Å²) in [5, 5.41) is 2.98. The lowest BCUT2D eigenvalue weighted by Gasteiger charge is -2.08. The maximum atomic E-state index is 12.2. The third-order valence-corrected chi connectivity index (χ3v) is 3.83. The first-order chi connectivity index (χ1) is 10.5. The van der Waals surface area contributed by atoms with Crippen molar-refractivity contribution in [3.8, 4) is 5.75 Å². The van der Waals surface area contributed by atoms with Crippen LogP contribution in [0.2, 0.25) is 5.02 Å². The molecule has 0 saturated heterocycles. The van der Waals surface area contributed by atoms with Gasteiger partial charge in [-0.2, -0.15) is 0 Å². The first kappa shape index (κ1) is 16.4. The van der Waals surface area contributed by atoms with Gasteiger partial charge in [-0.25, -0.2) is 4.79 Å². The van der Waals surface area contributed by atoms with Gasteiger partial charge in [0, 0.05) is 17.5 Å². The van der Waals surface area contributed by atoms with Gasteiger partial charge in [-0.3, -0.25) is 4.79 Å². The average molecular weight is 336 g/mol. The van der Waals surface area contributed by atoms with Gasteiger partial charge in [0.1, 0.15) is 5.75 Å². The van der Waals surface area contributed by atoms with Crippen molar-refractivity contribution in [1.82, 2.24) is 0 Å². The van der Waals surface area contributed by atoms with Gasteiger partial charge in [0.05, 0.1) is 10.6 Å². The van der Waals surface area contributed by atoms with Crippen LogP contribution in [0.5, 0.6) is 5.75 Å². The second kappa shape index (κ2) is 7.33. The number of nitrogens with one attached hydrogen (secondary N) is 1. The van der Waals surface area contributed by atoms with E-state index < -0.39 is 5.97 Å². The Morgan fingerprint density at radius 2 is 1.82 bits per heavy atom. The van der Waals surface area contributed by atoms with E-state index in [9.17, 15) is 9.59 Å². The quantitative estimate of drug-likeness (QED) is 0.516. The molecule has 0 radical (unpaired) electrons. The number of carbonyl (C=O) groups is 2. The second-order valence-corrected chi connectivity index (χ2v) is 5.73. The number of anilines is 1. The van der Waals surface area contributed by atoms with Crippen molar-refractivity contribution in [2.24, 2.45) is 0 Å². The number of hydrogen-bond acceptors (Lipinski definition) is 4. The minimum absolute atomic E-state index is 0.162. The number of amides is 1. The molecule has 0 bridgehead atoms. The summed E-state index contributed by atoms with van der Waals surface area (Å²) in [6.07, 6.45) is 1.92. The Kier molecular flexibility index (Phi) is 5.46. The summed E-state index contributed by atoms with van der Waals surface area (Å²) in [6, 6.07) is 11.7. The maximum absolute atomic E-state index is 12.2. The van der Waals surface area contributed by atoms with Crippen molar-refractivity contribution in [1.29, 1.82) is 0 Å². The van der Waals surface area contributed by atoms with Gasteiger partial charge >= 0.3 is 5.97 Å². The predicted octanol–water partition coefficient (Wildman–Crippen LogP) is 4.24. The van der Waals surface area contributed by atoms with Crippen LogP contribution in [-0.2, 0) is 4.79 Å². The van der Waals surface area contributed by atoms with E-state index in [1.54, 1.807) is 36.4 Å².